The average molecular weight is 343 g/mol. The summed E-state index contributed by atoms with van der Waals surface area (Å²) in [6.07, 6.45) is 2.42. The number of rotatable bonds is 3. The molecule has 1 aliphatic carbocycles. The Morgan fingerprint density at radius 1 is 1.14 bits per heavy atom. The molecule has 6 heteroatoms. The summed E-state index contributed by atoms with van der Waals surface area (Å²) in [6, 6.07) is 6.86. The van der Waals surface area contributed by atoms with E-state index in [1.54, 1.807) is 28.6 Å². The van der Waals surface area contributed by atoms with Gasteiger partial charge in [0.2, 0.25) is 10.0 Å². The lowest BCUT2D eigenvalue weighted by molar-refractivity contribution is 0.0498. The van der Waals surface area contributed by atoms with E-state index in [1.807, 2.05) is 6.92 Å². The molecule has 1 saturated heterocycles. The summed E-state index contributed by atoms with van der Waals surface area (Å²) in [6.45, 7) is 7.67. The monoisotopic (exact) mass is 342 g/mol. The maximum atomic E-state index is 13.0. The molecular formula is C16H23ClN2O2S. The zero-order valence-electron chi connectivity index (χ0n) is 13.3. The molecule has 0 unspecified atom stereocenters. The second-order valence-electron chi connectivity index (χ2n) is 6.85. The second-order valence-corrected chi connectivity index (χ2v) is 9.12. The van der Waals surface area contributed by atoms with Gasteiger partial charge in [0.25, 0.3) is 0 Å². The Bertz CT molecular complexity index is 672. The van der Waals surface area contributed by atoms with Gasteiger partial charge in [0.15, 0.2) is 0 Å². The van der Waals surface area contributed by atoms with Crippen molar-refractivity contribution in [1.29, 1.82) is 0 Å². The summed E-state index contributed by atoms with van der Waals surface area (Å²) in [5, 5.41) is 0.291. The van der Waals surface area contributed by atoms with Crippen molar-refractivity contribution in [2.75, 3.05) is 13.1 Å². The number of piperazine rings is 1. The summed E-state index contributed by atoms with van der Waals surface area (Å²) in [5.74, 6) is 0. The third-order valence-corrected chi connectivity index (χ3v) is 7.50. The van der Waals surface area contributed by atoms with Crippen LogP contribution in [-0.2, 0) is 10.0 Å². The molecule has 2 atom stereocenters. The highest BCUT2D eigenvalue weighted by atomic mass is 35.5. The summed E-state index contributed by atoms with van der Waals surface area (Å²) >= 11 is 6.11. The molecule has 2 fully saturated rings. The molecule has 1 aromatic rings. The van der Waals surface area contributed by atoms with E-state index in [0.717, 1.165) is 6.54 Å². The highest BCUT2D eigenvalue weighted by molar-refractivity contribution is 7.89. The fourth-order valence-electron chi connectivity index (χ4n) is 3.43. The molecule has 0 amide bonds. The van der Waals surface area contributed by atoms with E-state index in [1.165, 1.54) is 12.8 Å². The Hall–Kier alpha value is -0.620. The van der Waals surface area contributed by atoms with Gasteiger partial charge in [-0.3, -0.25) is 4.90 Å². The van der Waals surface area contributed by atoms with Crippen molar-refractivity contribution in [3.63, 3.8) is 0 Å². The standard InChI is InChI=1S/C16H23ClN2O2S/c1-12-11-19(13(2)10-18(12)16(3)8-9-16)22(20,21)15-7-5-4-6-14(15)17/h4-7,12-13H,8-11H2,1-3H3/t12-,13+/m1/s1. The van der Waals surface area contributed by atoms with Crippen LogP contribution in [-0.4, -0.2) is 48.3 Å². The van der Waals surface area contributed by atoms with Crippen molar-refractivity contribution in [3.8, 4) is 0 Å². The van der Waals surface area contributed by atoms with Crippen LogP contribution in [0.5, 0.6) is 0 Å². The van der Waals surface area contributed by atoms with E-state index in [-0.39, 0.29) is 22.5 Å². The largest absolute Gasteiger partial charge is 0.292 e. The Morgan fingerprint density at radius 2 is 1.77 bits per heavy atom. The quantitative estimate of drug-likeness (QED) is 0.848. The Morgan fingerprint density at radius 3 is 2.36 bits per heavy atom. The van der Waals surface area contributed by atoms with E-state index < -0.39 is 10.0 Å². The Labute approximate surface area is 138 Å². The van der Waals surface area contributed by atoms with E-state index in [0.29, 0.717) is 11.6 Å². The molecule has 0 spiro atoms. The van der Waals surface area contributed by atoms with Gasteiger partial charge in [-0.15, -0.1) is 0 Å². The lowest BCUT2D eigenvalue weighted by Crippen LogP contribution is -2.60. The predicted molar refractivity (Wildman–Crippen MR) is 88.6 cm³/mol. The first kappa shape index (κ1) is 16.2. The first-order valence-corrected chi connectivity index (χ1v) is 9.61. The highest BCUT2D eigenvalue weighted by Crippen LogP contribution is 2.44. The molecule has 0 bridgehead atoms. The zero-order valence-corrected chi connectivity index (χ0v) is 14.9. The summed E-state index contributed by atoms with van der Waals surface area (Å²) in [7, 11) is -3.55. The normalized spacial score (nSPS) is 29.5. The molecule has 1 aliphatic heterocycles. The fourth-order valence-corrected chi connectivity index (χ4v) is 5.63. The number of benzene rings is 1. The molecule has 4 nitrogen and oxygen atoms in total. The van der Waals surface area contributed by atoms with Crippen LogP contribution in [0.4, 0.5) is 0 Å². The first-order chi connectivity index (χ1) is 10.3. The molecule has 1 saturated carbocycles. The highest BCUT2D eigenvalue weighted by Gasteiger charge is 2.49. The predicted octanol–water partition coefficient (Wildman–Crippen LogP) is 2.98. The van der Waals surface area contributed by atoms with Crippen LogP contribution in [0.2, 0.25) is 5.02 Å². The Kier molecular flexibility index (Phi) is 4.05. The van der Waals surface area contributed by atoms with Crippen LogP contribution in [0.1, 0.15) is 33.6 Å². The maximum Gasteiger partial charge on any atom is 0.244 e. The lowest BCUT2D eigenvalue weighted by atomic mass is 10.1. The van der Waals surface area contributed by atoms with Gasteiger partial charge in [-0.2, -0.15) is 4.31 Å². The van der Waals surface area contributed by atoms with Crippen LogP contribution in [0.15, 0.2) is 29.2 Å². The van der Waals surface area contributed by atoms with Crippen LogP contribution in [0.3, 0.4) is 0 Å². The summed E-state index contributed by atoms with van der Waals surface area (Å²) in [5.41, 5.74) is 0.272. The molecule has 0 radical (unpaired) electrons. The first-order valence-electron chi connectivity index (χ1n) is 7.79. The third-order valence-electron chi connectivity index (χ3n) is 5.02. The van der Waals surface area contributed by atoms with Crippen molar-refractivity contribution < 1.29 is 8.42 Å². The molecule has 0 aromatic heterocycles. The molecule has 1 aromatic carbocycles. The smallest absolute Gasteiger partial charge is 0.244 e. The van der Waals surface area contributed by atoms with Crippen LogP contribution >= 0.6 is 11.6 Å². The zero-order chi connectivity index (χ0) is 16.1. The molecule has 122 valence electrons. The van der Waals surface area contributed by atoms with Crippen molar-refractivity contribution in [2.24, 2.45) is 0 Å². The number of sulfonamides is 1. The molecule has 2 aliphatic rings. The van der Waals surface area contributed by atoms with Crippen LogP contribution < -0.4 is 0 Å². The minimum absolute atomic E-state index is 0.0464. The van der Waals surface area contributed by atoms with Gasteiger partial charge in [-0.05, 0) is 45.7 Å². The molecular weight excluding hydrogens is 320 g/mol. The topological polar surface area (TPSA) is 40.6 Å². The van der Waals surface area contributed by atoms with Crippen LogP contribution in [0.25, 0.3) is 0 Å². The summed E-state index contributed by atoms with van der Waals surface area (Å²) in [4.78, 5) is 2.68. The van der Waals surface area contributed by atoms with Gasteiger partial charge in [-0.25, -0.2) is 8.42 Å². The van der Waals surface area contributed by atoms with E-state index in [4.69, 9.17) is 11.6 Å². The minimum atomic E-state index is -3.55. The second kappa shape index (κ2) is 5.48. The molecule has 0 N–H and O–H groups in total. The SMILES string of the molecule is C[C@@H]1CN(S(=O)(=O)c2ccccc2Cl)[C@@H](C)CN1C1(C)CC1. The number of hydrogen-bond acceptors (Lipinski definition) is 3. The van der Waals surface area contributed by atoms with Crippen LogP contribution in [0, 0.1) is 0 Å². The average Bonchev–Trinajstić information content (AvgIpc) is 3.20. The van der Waals surface area contributed by atoms with Gasteiger partial charge in [0.1, 0.15) is 4.90 Å². The number of nitrogens with zero attached hydrogens (tertiary/aromatic N) is 2. The van der Waals surface area contributed by atoms with Crippen molar-refractivity contribution in [3.05, 3.63) is 29.3 Å². The van der Waals surface area contributed by atoms with Gasteiger partial charge < -0.3 is 0 Å². The molecule has 1 heterocycles. The van der Waals surface area contributed by atoms with E-state index >= 15 is 0 Å². The van der Waals surface area contributed by atoms with Gasteiger partial charge in [0, 0.05) is 30.7 Å². The number of halogens is 1. The van der Waals surface area contributed by atoms with E-state index in [9.17, 15) is 8.42 Å². The lowest BCUT2D eigenvalue weighted by Gasteiger charge is -2.46. The molecule has 22 heavy (non-hydrogen) atoms. The van der Waals surface area contributed by atoms with E-state index in [2.05, 4.69) is 18.7 Å². The van der Waals surface area contributed by atoms with Crippen molar-refractivity contribution in [1.82, 2.24) is 9.21 Å². The van der Waals surface area contributed by atoms with Crippen molar-refractivity contribution in [2.45, 2.75) is 56.1 Å². The van der Waals surface area contributed by atoms with Crippen molar-refractivity contribution >= 4 is 21.6 Å². The van der Waals surface area contributed by atoms with Gasteiger partial charge >= 0.3 is 0 Å². The maximum absolute atomic E-state index is 13.0. The Balaban J connectivity index is 1.88. The van der Waals surface area contributed by atoms with Gasteiger partial charge in [0.05, 0.1) is 5.02 Å². The summed E-state index contributed by atoms with van der Waals surface area (Å²) < 4.78 is 27.5. The van der Waals surface area contributed by atoms with Gasteiger partial charge in [-0.1, -0.05) is 23.7 Å². The minimum Gasteiger partial charge on any atom is -0.292 e. The number of hydrogen-bond donors (Lipinski definition) is 0. The third kappa shape index (κ3) is 2.68. The fraction of sp³-hybridized carbons (Fsp3) is 0.625. The molecule has 3 rings (SSSR count).